The molecule has 3 aromatic rings. The molecule has 2 heterocycles. The average Bonchev–Trinajstić information content (AvgIpc) is 3.04. The largest absolute Gasteiger partial charge is 0.497 e. The number of hydrogen-bond acceptors (Lipinski definition) is 7. The molecule has 1 aromatic carbocycles. The van der Waals surface area contributed by atoms with Gasteiger partial charge in [-0.15, -0.1) is 10.2 Å². The maximum Gasteiger partial charge on any atom is 0.360 e. The number of carbonyl (C=O) groups is 1. The van der Waals surface area contributed by atoms with Crippen molar-refractivity contribution in [3.05, 3.63) is 53.9 Å². The zero-order valence-electron chi connectivity index (χ0n) is 14.4. The lowest BCUT2D eigenvalue weighted by Gasteiger charge is -2.01. The summed E-state index contributed by atoms with van der Waals surface area (Å²) in [4.78, 5) is 16.5. The molecule has 0 saturated carbocycles. The van der Waals surface area contributed by atoms with Crippen LogP contribution in [0.1, 0.15) is 23.0 Å². The first-order chi connectivity index (χ1) is 12.7. The average molecular weight is 354 g/mol. The number of carbonyl (C=O) groups excluding carboxylic acids is 1. The Kier molecular flexibility index (Phi) is 5.23. The van der Waals surface area contributed by atoms with E-state index < -0.39 is 5.97 Å². The van der Waals surface area contributed by atoms with Crippen molar-refractivity contribution in [2.45, 2.75) is 13.5 Å². The van der Waals surface area contributed by atoms with Gasteiger partial charge in [0.1, 0.15) is 11.4 Å². The van der Waals surface area contributed by atoms with Gasteiger partial charge in [0.25, 0.3) is 0 Å². The van der Waals surface area contributed by atoms with E-state index in [1.807, 2.05) is 0 Å². The highest BCUT2D eigenvalue weighted by molar-refractivity contribution is 5.93. The predicted molar refractivity (Wildman–Crippen MR) is 94.2 cm³/mol. The topological polar surface area (TPSA) is 97.8 Å². The molecule has 26 heavy (non-hydrogen) atoms. The number of benzene rings is 1. The third kappa shape index (κ3) is 3.55. The highest BCUT2D eigenvalue weighted by atomic mass is 16.5. The number of aromatic nitrogens is 2. The summed E-state index contributed by atoms with van der Waals surface area (Å²) in [5, 5.41) is 17.7. The Hall–Kier alpha value is -3.26. The van der Waals surface area contributed by atoms with E-state index in [4.69, 9.17) is 9.47 Å². The van der Waals surface area contributed by atoms with Crippen molar-refractivity contribution in [2.75, 3.05) is 13.7 Å². The van der Waals surface area contributed by atoms with Crippen LogP contribution in [0.15, 0.2) is 52.8 Å². The summed E-state index contributed by atoms with van der Waals surface area (Å²) in [7, 11) is 1.58. The zero-order valence-corrected chi connectivity index (χ0v) is 14.4. The van der Waals surface area contributed by atoms with Crippen LogP contribution in [-0.2, 0) is 11.3 Å². The zero-order chi connectivity index (χ0) is 18.5. The third-order valence-corrected chi connectivity index (χ3v) is 3.65. The van der Waals surface area contributed by atoms with E-state index >= 15 is 0 Å². The smallest absolute Gasteiger partial charge is 0.360 e. The molecule has 8 heteroatoms. The van der Waals surface area contributed by atoms with Crippen molar-refractivity contribution in [1.29, 1.82) is 0 Å². The van der Waals surface area contributed by atoms with E-state index in [0.717, 1.165) is 0 Å². The molecule has 0 fully saturated rings. The van der Waals surface area contributed by atoms with Crippen LogP contribution in [0.5, 0.6) is 5.75 Å². The maximum atomic E-state index is 12.2. The number of esters is 1. The molecule has 8 nitrogen and oxygen atoms in total. The number of rotatable bonds is 6. The van der Waals surface area contributed by atoms with Crippen molar-refractivity contribution >= 4 is 23.1 Å². The normalized spacial score (nSPS) is 11.2. The molecule has 2 aromatic heterocycles. The van der Waals surface area contributed by atoms with Gasteiger partial charge < -0.3 is 14.6 Å². The number of pyridine rings is 1. The molecule has 0 aliphatic rings. The molecule has 0 aliphatic heterocycles. The van der Waals surface area contributed by atoms with Gasteiger partial charge in [-0.2, -0.15) is 0 Å². The van der Waals surface area contributed by atoms with Crippen LogP contribution >= 0.6 is 0 Å². The summed E-state index contributed by atoms with van der Waals surface area (Å²) >= 11 is 0. The highest BCUT2D eigenvalue weighted by Crippen LogP contribution is 2.26. The monoisotopic (exact) mass is 354 g/mol. The Balaban J connectivity index is 2.04. The standard InChI is InChI=1S/C18H18N4O4/c1-3-26-18(24)16-17(21-20-13-4-6-14(25-2)7-5-13)22-9-8-12(11-23)10-15(22)19-16/h4-10,23H,3,11H2,1-2H3. The van der Waals surface area contributed by atoms with Crippen LogP contribution in [-0.4, -0.2) is 34.2 Å². The summed E-state index contributed by atoms with van der Waals surface area (Å²) in [5.74, 6) is 0.395. The highest BCUT2D eigenvalue weighted by Gasteiger charge is 2.20. The minimum absolute atomic E-state index is 0.0687. The molecule has 0 bridgehead atoms. The van der Waals surface area contributed by atoms with Gasteiger partial charge in [0.05, 0.1) is 26.0 Å². The molecule has 0 unspecified atom stereocenters. The fourth-order valence-corrected chi connectivity index (χ4v) is 2.36. The van der Waals surface area contributed by atoms with Gasteiger partial charge in [0.15, 0.2) is 11.5 Å². The summed E-state index contributed by atoms with van der Waals surface area (Å²) < 4.78 is 11.8. The lowest BCUT2D eigenvalue weighted by Crippen LogP contribution is -2.05. The minimum Gasteiger partial charge on any atom is -0.497 e. The van der Waals surface area contributed by atoms with Gasteiger partial charge in [-0.25, -0.2) is 9.78 Å². The molecule has 0 saturated heterocycles. The quantitative estimate of drug-likeness (QED) is 0.540. The Morgan fingerprint density at radius 2 is 2.00 bits per heavy atom. The van der Waals surface area contributed by atoms with Gasteiger partial charge >= 0.3 is 5.97 Å². The number of fused-ring (bicyclic) bond motifs is 1. The van der Waals surface area contributed by atoms with E-state index in [1.54, 1.807) is 61.0 Å². The lowest BCUT2D eigenvalue weighted by atomic mass is 10.3. The van der Waals surface area contributed by atoms with Crippen molar-refractivity contribution in [3.8, 4) is 5.75 Å². The number of imidazole rings is 1. The van der Waals surface area contributed by atoms with Crippen LogP contribution < -0.4 is 4.74 Å². The van der Waals surface area contributed by atoms with Crippen LogP contribution in [0.2, 0.25) is 0 Å². The summed E-state index contributed by atoms with van der Waals surface area (Å²) in [5.41, 5.74) is 1.82. The molecular weight excluding hydrogens is 336 g/mol. The molecule has 3 rings (SSSR count). The number of nitrogens with zero attached hydrogens (tertiary/aromatic N) is 4. The number of ether oxygens (including phenoxy) is 2. The van der Waals surface area contributed by atoms with Crippen molar-refractivity contribution in [2.24, 2.45) is 10.2 Å². The number of aliphatic hydroxyl groups is 1. The Morgan fingerprint density at radius 3 is 2.65 bits per heavy atom. The van der Waals surface area contributed by atoms with Crippen LogP contribution in [0.4, 0.5) is 11.5 Å². The molecule has 0 radical (unpaired) electrons. The molecule has 0 spiro atoms. The van der Waals surface area contributed by atoms with Crippen molar-refractivity contribution < 1.29 is 19.4 Å². The molecule has 0 aliphatic carbocycles. The van der Waals surface area contributed by atoms with E-state index in [2.05, 4.69) is 15.2 Å². The fourth-order valence-electron chi connectivity index (χ4n) is 2.36. The molecule has 1 N–H and O–H groups in total. The molecular formula is C18H18N4O4. The van der Waals surface area contributed by atoms with Gasteiger partial charge in [-0.1, -0.05) is 0 Å². The maximum absolute atomic E-state index is 12.2. The first kappa shape index (κ1) is 17.6. The Labute approximate surface area is 149 Å². The predicted octanol–water partition coefficient (Wildman–Crippen LogP) is 3.43. The number of azo groups is 1. The number of methoxy groups -OCH3 is 1. The Bertz CT molecular complexity index is 948. The number of aliphatic hydroxyl groups excluding tert-OH is 1. The summed E-state index contributed by atoms with van der Waals surface area (Å²) in [6, 6.07) is 10.4. The SMILES string of the molecule is CCOC(=O)c1nc2cc(CO)ccn2c1N=Nc1ccc(OC)cc1. The van der Waals surface area contributed by atoms with E-state index in [9.17, 15) is 9.90 Å². The van der Waals surface area contributed by atoms with Crippen molar-refractivity contribution in [1.82, 2.24) is 9.38 Å². The van der Waals surface area contributed by atoms with Gasteiger partial charge in [0, 0.05) is 6.20 Å². The summed E-state index contributed by atoms with van der Waals surface area (Å²) in [6.07, 6.45) is 1.68. The Morgan fingerprint density at radius 1 is 1.23 bits per heavy atom. The molecule has 0 atom stereocenters. The minimum atomic E-state index is -0.578. The second-order valence-electron chi connectivity index (χ2n) is 5.32. The molecule has 0 amide bonds. The van der Waals surface area contributed by atoms with Gasteiger partial charge in [-0.3, -0.25) is 4.40 Å². The van der Waals surface area contributed by atoms with Crippen LogP contribution in [0, 0.1) is 0 Å². The second-order valence-corrected chi connectivity index (χ2v) is 5.32. The fraction of sp³-hybridized carbons (Fsp3) is 0.222. The van der Waals surface area contributed by atoms with Gasteiger partial charge in [0.2, 0.25) is 0 Å². The van der Waals surface area contributed by atoms with E-state index in [1.165, 1.54) is 0 Å². The van der Waals surface area contributed by atoms with Gasteiger partial charge in [-0.05, 0) is 48.9 Å². The lowest BCUT2D eigenvalue weighted by molar-refractivity contribution is 0.0521. The van der Waals surface area contributed by atoms with E-state index in [0.29, 0.717) is 22.6 Å². The number of hydrogen-bond donors (Lipinski definition) is 1. The summed E-state index contributed by atoms with van der Waals surface area (Å²) in [6.45, 7) is 1.82. The van der Waals surface area contributed by atoms with Crippen molar-refractivity contribution in [3.63, 3.8) is 0 Å². The third-order valence-electron chi connectivity index (χ3n) is 3.65. The second kappa shape index (κ2) is 7.75. The first-order valence-electron chi connectivity index (χ1n) is 8.01. The van der Waals surface area contributed by atoms with Crippen LogP contribution in [0.3, 0.4) is 0 Å². The van der Waals surface area contributed by atoms with E-state index in [-0.39, 0.29) is 24.7 Å². The molecule has 134 valence electrons. The van der Waals surface area contributed by atoms with Crippen LogP contribution in [0.25, 0.3) is 5.65 Å². The first-order valence-corrected chi connectivity index (χ1v) is 8.01.